The van der Waals surface area contributed by atoms with Crippen molar-refractivity contribution in [2.24, 2.45) is 0 Å². The Bertz CT molecular complexity index is 763. The monoisotopic (exact) mass is 449 g/mol. The molecule has 2 aromatic carbocycles. The fourth-order valence-corrected chi connectivity index (χ4v) is 4.73. The normalized spacial score (nSPS) is 11.2. The molecule has 0 unspecified atom stereocenters. The van der Waals surface area contributed by atoms with Crippen LogP contribution in [0.1, 0.15) is 6.92 Å². The van der Waals surface area contributed by atoms with Crippen LogP contribution in [0.2, 0.25) is 0 Å². The molecule has 2 aromatic rings. The molecular weight excluding hydrogens is 433 g/mol. The van der Waals surface area contributed by atoms with E-state index in [-0.39, 0.29) is 4.90 Å². The largest absolute Gasteiger partial charge is 0.496 e. The molecule has 0 heterocycles. The van der Waals surface area contributed by atoms with E-state index < -0.39 is 10.0 Å². The first-order valence-corrected chi connectivity index (χ1v) is 10.1. The van der Waals surface area contributed by atoms with E-state index in [0.717, 1.165) is 14.2 Å². The SMILES string of the molecule is CCSc1ccccc1NS(=O)(=O)c1ccc(OC)c(I)c1. The van der Waals surface area contributed by atoms with Crippen LogP contribution in [0.25, 0.3) is 0 Å². The molecule has 1 N–H and O–H groups in total. The molecule has 118 valence electrons. The standard InChI is InChI=1S/C15H16INO3S2/c1-3-21-15-7-5-4-6-13(15)17-22(18,19)11-8-9-14(20-2)12(16)10-11/h4-10,17H,3H2,1-2H3. The van der Waals surface area contributed by atoms with Crippen molar-refractivity contribution in [1.29, 1.82) is 0 Å². The molecule has 2 rings (SSSR count). The van der Waals surface area contributed by atoms with Crippen LogP contribution in [0.15, 0.2) is 52.3 Å². The number of rotatable bonds is 6. The van der Waals surface area contributed by atoms with Crippen LogP contribution in [0.5, 0.6) is 5.75 Å². The van der Waals surface area contributed by atoms with Gasteiger partial charge in [0.25, 0.3) is 10.0 Å². The molecular formula is C15H16INO3S2. The van der Waals surface area contributed by atoms with Crippen LogP contribution in [0.3, 0.4) is 0 Å². The minimum Gasteiger partial charge on any atom is -0.496 e. The smallest absolute Gasteiger partial charge is 0.261 e. The highest BCUT2D eigenvalue weighted by Crippen LogP contribution is 2.30. The van der Waals surface area contributed by atoms with E-state index >= 15 is 0 Å². The van der Waals surface area contributed by atoms with Gasteiger partial charge in [-0.1, -0.05) is 19.1 Å². The number of hydrogen-bond acceptors (Lipinski definition) is 4. The van der Waals surface area contributed by atoms with Crippen molar-refractivity contribution >= 4 is 50.1 Å². The Morgan fingerprint density at radius 1 is 1.23 bits per heavy atom. The molecule has 0 aliphatic rings. The first-order valence-electron chi connectivity index (χ1n) is 6.56. The summed E-state index contributed by atoms with van der Waals surface area (Å²) < 4.78 is 33.7. The van der Waals surface area contributed by atoms with Crippen molar-refractivity contribution < 1.29 is 13.2 Å². The fraction of sp³-hybridized carbons (Fsp3) is 0.200. The molecule has 0 aliphatic heterocycles. The van der Waals surface area contributed by atoms with E-state index in [2.05, 4.69) is 27.3 Å². The molecule has 7 heteroatoms. The number of ether oxygens (including phenoxy) is 1. The Kier molecular flexibility index (Phi) is 5.99. The average Bonchev–Trinajstić information content (AvgIpc) is 2.49. The first-order chi connectivity index (χ1) is 10.5. The summed E-state index contributed by atoms with van der Waals surface area (Å²) in [6.45, 7) is 2.03. The van der Waals surface area contributed by atoms with Gasteiger partial charge in [0.2, 0.25) is 0 Å². The molecule has 0 aromatic heterocycles. The number of sulfonamides is 1. The molecule has 0 amide bonds. The number of thioether (sulfide) groups is 1. The molecule has 0 saturated carbocycles. The van der Waals surface area contributed by atoms with Gasteiger partial charge >= 0.3 is 0 Å². The number of benzene rings is 2. The van der Waals surface area contributed by atoms with Gasteiger partial charge in [-0.05, 0) is 58.7 Å². The first kappa shape index (κ1) is 17.4. The molecule has 0 bridgehead atoms. The van der Waals surface area contributed by atoms with E-state index in [4.69, 9.17) is 4.74 Å². The van der Waals surface area contributed by atoms with Crippen molar-refractivity contribution in [3.8, 4) is 5.75 Å². The number of halogens is 1. The molecule has 0 radical (unpaired) electrons. The molecule has 0 fully saturated rings. The van der Waals surface area contributed by atoms with Gasteiger partial charge in [-0.25, -0.2) is 8.42 Å². The quantitative estimate of drug-likeness (QED) is 0.530. The van der Waals surface area contributed by atoms with Gasteiger partial charge < -0.3 is 4.74 Å². The van der Waals surface area contributed by atoms with E-state index in [0.29, 0.717) is 11.4 Å². The lowest BCUT2D eigenvalue weighted by atomic mass is 10.3. The highest BCUT2D eigenvalue weighted by atomic mass is 127. The average molecular weight is 449 g/mol. The number of anilines is 1. The van der Waals surface area contributed by atoms with Gasteiger partial charge in [-0.2, -0.15) is 0 Å². The lowest BCUT2D eigenvalue weighted by Crippen LogP contribution is -2.13. The second-order valence-corrected chi connectivity index (χ2v) is 8.48. The summed E-state index contributed by atoms with van der Waals surface area (Å²) in [6.07, 6.45) is 0. The maximum atomic E-state index is 12.5. The zero-order valence-electron chi connectivity index (χ0n) is 12.2. The predicted molar refractivity (Wildman–Crippen MR) is 99.4 cm³/mol. The summed E-state index contributed by atoms with van der Waals surface area (Å²) in [5.41, 5.74) is 0.597. The van der Waals surface area contributed by atoms with Crippen molar-refractivity contribution in [2.75, 3.05) is 17.6 Å². The van der Waals surface area contributed by atoms with Gasteiger partial charge in [0.05, 0.1) is 21.3 Å². The summed E-state index contributed by atoms with van der Waals surface area (Å²) >= 11 is 3.65. The van der Waals surface area contributed by atoms with Crippen molar-refractivity contribution in [1.82, 2.24) is 0 Å². The summed E-state index contributed by atoms with van der Waals surface area (Å²) in [5, 5.41) is 0. The number of methoxy groups -OCH3 is 1. The molecule has 0 atom stereocenters. The minimum atomic E-state index is -3.63. The van der Waals surface area contributed by atoms with Gasteiger partial charge in [0.15, 0.2) is 0 Å². The molecule has 0 saturated heterocycles. The Hall–Kier alpha value is -0.930. The topological polar surface area (TPSA) is 55.4 Å². The third-order valence-electron chi connectivity index (χ3n) is 2.86. The molecule has 22 heavy (non-hydrogen) atoms. The third-order valence-corrected chi connectivity index (χ3v) is 6.03. The summed E-state index contributed by atoms with van der Waals surface area (Å²) in [4.78, 5) is 1.13. The van der Waals surface area contributed by atoms with Crippen LogP contribution in [0.4, 0.5) is 5.69 Å². The van der Waals surface area contributed by atoms with E-state index in [1.54, 1.807) is 43.1 Å². The van der Waals surface area contributed by atoms with Crippen molar-refractivity contribution in [2.45, 2.75) is 16.7 Å². The Morgan fingerprint density at radius 3 is 2.59 bits per heavy atom. The van der Waals surface area contributed by atoms with Crippen LogP contribution < -0.4 is 9.46 Å². The fourth-order valence-electron chi connectivity index (χ4n) is 1.85. The summed E-state index contributed by atoms with van der Waals surface area (Å²) in [5.74, 6) is 1.53. The van der Waals surface area contributed by atoms with Crippen LogP contribution in [-0.2, 0) is 10.0 Å². The highest BCUT2D eigenvalue weighted by molar-refractivity contribution is 14.1. The van der Waals surface area contributed by atoms with Gasteiger partial charge in [0.1, 0.15) is 5.75 Å². The van der Waals surface area contributed by atoms with Crippen LogP contribution >= 0.6 is 34.4 Å². The van der Waals surface area contributed by atoms with E-state index in [1.165, 1.54) is 0 Å². The summed E-state index contributed by atoms with van der Waals surface area (Å²) in [6, 6.07) is 12.2. The second-order valence-electron chi connectivity index (χ2n) is 4.33. The minimum absolute atomic E-state index is 0.217. The van der Waals surface area contributed by atoms with Gasteiger partial charge in [0, 0.05) is 4.90 Å². The zero-order chi connectivity index (χ0) is 16.2. The number of para-hydroxylation sites is 1. The molecule has 4 nitrogen and oxygen atoms in total. The van der Waals surface area contributed by atoms with Crippen LogP contribution in [0, 0.1) is 3.57 Å². The lowest BCUT2D eigenvalue weighted by molar-refractivity contribution is 0.411. The maximum absolute atomic E-state index is 12.5. The summed E-state index contributed by atoms with van der Waals surface area (Å²) in [7, 11) is -2.07. The maximum Gasteiger partial charge on any atom is 0.261 e. The molecule has 0 aliphatic carbocycles. The van der Waals surface area contributed by atoms with Gasteiger partial charge in [-0.15, -0.1) is 11.8 Å². The highest BCUT2D eigenvalue weighted by Gasteiger charge is 2.17. The van der Waals surface area contributed by atoms with Crippen molar-refractivity contribution in [3.05, 3.63) is 46.0 Å². The Labute approximate surface area is 148 Å². The van der Waals surface area contributed by atoms with Crippen LogP contribution in [-0.4, -0.2) is 21.3 Å². The predicted octanol–water partition coefficient (Wildman–Crippen LogP) is 4.21. The zero-order valence-corrected chi connectivity index (χ0v) is 16.0. The van der Waals surface area contributed by atoms with Crippen molar-refractivity contribution in [3.63, 3.8) is 0 Å². The van der Waals surface area contributed by atoms with E-state index in [9.17, 15) is 8.42 Å². The Balaban J connectivity index is 2.34. The number of hydrogen-bond donors (Lipinski definition) is 1. The molecule has 0 spiro atoms. The lowest BCUT2D eigenvalue weighted by Gasteiger charge is -2.12. The number of nitrogens with one attached hydrogen (secondary N) is 1. The Morgan fingerprint density at radius 2 is 1.95 bits per heavy atom. The van der Waals surface area contributed by atoms with Gasteiger partial charge in [-0.3, -0.25) is 4.72 Å². The third kappa shape index (κ3) is 4.08. The second kappa shape index (κ2) is 7.56. The van der Waals surface area contributed by atoms with E-state index in [1.807, 2.05) is 25.1 Å².